The molecule has 1 N–H and O–H groups in total. The highest BCUT2D eigenvalue weighted by atomic mass is 19.1. The van der Waals surface area contributed by atoms with Gasteiger partial charge in [0.25, 0.3) is 5.69 Å². The molecular formula is C17H15FN2O3. The van der Waals surface area contributed by atoms with E-state index in [2.05, 4.69) is 5.32 Å². The van der Waals surface area contributed by atoms with Crippen LogP contribution in [0.25, 0.3) is 6.08 Å². The van der Waals surface area contributed by atoms with Crippen molar-refractivity contribution in [3.63, 3.8) is 0 Å². The molecule has 0 saturated carbocycles. The fraction of sp³-hybridized carbons (Fsp3) is 0.118. The molecule has 5 nitrogen and oxygen atoms in total. The molecule has 0 aliphatic heterocycles. The monoisotopic (exact) mass is 314 g/mol. The van der Waals surface area contributed by atoms with Crippen LogP contribution in [0, 0.1) is 22.9 Å². The number of nitrogens with zero attached hydrogens (tertiary/aromatic N) is 1. The van der Waals surface area contributed by atoms with Crippen molar-refractivity contribution >= 4 is 17.7 Å². The number of nitro benzene ring substituents is 1. The van der Waals surface area contributed by atoms with Crippen LogP contribution >= 0.6 is 0 Å². The van der Waals surface area contributed by atoms with Crippen molar-refractivity contribution < 1.29 is 14.1 Å². The molecule has 0 unspecified atom stereocenters. The van der Waals surface area contributed by atoms with E-state index in [1.54, 1.807) is 31.2 Å². The first-order valence-electron chi connectivity index (χ1n) is 6.91. The summed E-state index contributed by atoms with van der Waals surface area (Å²) in [6.07, 6.45) is 2.77. The predicted octanol–water partition coefficient (Wildman–Crippen LogP) is 3.37. The molecule has 0 heterocycles. The average Bonchev–Trinajstić information content (AvgIpc) is 2.54. The van der Waals surface area contributed by atoms with Gasteiger partial charge >= 0.3 is 0 Å². The van der Waals surface area contributed by atoms with E-state index in [4.69, 9.17) is 0 Å². The summed E-state index contributed by atoms with van der Waals surface area (Å²) in [5.41, 5.74) is 1.72. The Labute approximate surface area is 132 Å². The van der Waals surface area contributed by atoms with Gasteiger partial charge in [-0.2, -0.15) is 0 Å². The lowest BCUT2D eigenvalue weighted by Gasteiger charge is -2.04. The van der Waals surface area contributed by atoms with Crippen LogP contribution < -0.4 is 5.32 Å². The van der Waals surface area contributed by atoms with Crippen LogP contribution in [0.3, 0.4) is 0 Å². The molecule has 2 aromatic rings. The normalized spacial score (nSPS) is 10.7. The second-order valence-corrected chi connectivity index (χ2v) is 4.99. The minimum absolute atomic E-state index is 0.0392. The molecule has 0 radical (unpaired) electrons. The number of nitro groups is 1. The van der Waals surface area contributed by atoms with Crippen molar-refractivity contribution in [1.29, 1.82) is 0 Å². The topological polar surface area (TPSA) is 72.2 Å². The first-order chi connectivity index (χ1) is 11.0. The molecule has 0 aromatic heterocycles. The Bertz CT molecular complexity index is 772. The van der Waals surface area contributed by atoms with Gasteiger partial charge in [0.1, 0.15) is 5.82 Å². The summed E-state index contributed by atoms with van der Waals surface area (Å²) in [5.74, 6) is -0.679. The maximum Gasteiger partial charge on any atom is 0.270 e. The van der Waals surface area contributed by atoms with Crippen molar-refractivity contribution in [3.05, 3.63) is 81.2 Å². The summed E-state index contributed by atoms with van der Waals surface area (Å²) in [6, 6.07) is 10.7. The van der Waals surface area contributed by atoms with Crippen LogP contribution in [0.5, 0.6) is 0 Å². The van der Waals surface area contributed by atoms with E-state index >= 15 is 0 Å². The molecule has 2 rings (SSSR count). The molecule has 0 saturated heterocycles. The molecule has 1 amide bonds. The Kier molecular flexibility index (Phi) is 5.19. The number of halogens is 1. The van der Waals surface area contributed by atoms with Gasteiger partial charge in [0.05, 0.1) is 4.92 Å². The lowest BCUT2D eigenvalue weighted by atomic mass is 10.1. The number of non-ortho nitro benzene ring substituents is 1. The number of nitrogens with one attached hydrogen (secondary N) is 1. The standard InChI is InChI=1S/C17H15FN2O3/c1-12-5-6-14(10-16(12)18)11-19-17(21)8-7-13-3-2-4-15(9-13)20(22)23/h2-10H,11H2,1H3,(H,19,21)/b8-7+. The molecule has 0 spiro atoms. The van der Waals surface area contributed by atoms with Crippen LogP contribution in [0.2, 0.25) is 0 Å². The molecule has 6 heteroatoms. The third-order valence-electron chi connectivity index (χ3n) is 3.21. The van der Waals surface area contributed by atoms with Gasteiger partial charge in [-0.1, -0.05) is 24.3 Å². The van der Waals surface area contributed by atoms with E-state index in [-0.39, 0.29) is 24.0 Å². The quantitative estimate of drug-likeness (QED) is 0.522. The number of benzene rings is 2. The summed E-state index contributed by atoms with van der Waals surface area (Å²) < 4.78 is 13.4. The average molecular weight is 314 g/mol. The number of carbonyl (C=O) groups excluding carboxylic acids is 1. The largest absolute Gasteiger partial charge is 0.348 e. The molecule has 0 aliphatic rings. The lowest BCUT2D eigenvalue weighted by Crippen LogP contribution is -2.20. The molecule has 0 bridgehead atoms. The van der Waals surface area contributed by atoms with Gasteiger partial charge in [-0.05, 0) is 35.8 Å². The lowest BCUT2D eigenvalue weighted by molar-refractivity contribution is -0.384. The molecule has 2 aromatic carbocycles. The number of rotatable bonds is 5. The second kappa shape index (κ2) is 7.31. The van der Waals surface area contributed by atoms with Crippen molar-refractivity contribution in [2.75, 3.05) is 0 Å². The van der Waals surface area contributed by atoms with E-state index in [0.29, 0.717) is 16.7 Å². The van der Waals surface area contributed by atoms with E-state index < -0.39 is 4.92 Å². The number of aryl methyl sites for hydroxylation is 1. The van der Waals surface area contributed by atoms with Crippen LogP contribution in [0.4, 0.5) is 10.1 Å². The summed E-state index contributed by atoms with van der Waals surface area (Å²) >= 11 is 0. The maximum atomic E-state index is 13.4. The summed E-state index contributed by atoms with van der Waals surface area (Å²) in [4.78, 5) is 21.9. The van der Waals surface area contributed by atoms with Crippen molar-refractivity contribution in [2.45, 2.75) is 13.5 Å². The zero-order chi connectivity index (χ0) is 16.8. The first-order valence-corrected chi connectivity index (χ1v) is 6.91. The van der Waals surface area contributed by atoms with Gasteiger partial charge in [-0.3, -0.25) is 14.9 Å². The van der Waals surface area contributed by atoms with Crippen LogP contribution in [-0.2, 0) is 11.3 Å². The molecule has 118 valence electrons. The predicted molar refractivity (Wildman–Crippen MR) is 85.1 cm³/mol. The van der Waals surface area contributed by atoms with Crippen molar-refractivity contribution in [1.82, 2.24) is 5.32 Å². The Morgan fingerprint density at radius 3 is 2.78 bits per heavy atom. The third-order valence-corrected chi connectivity index (χ3v) is 3.21. The number of hydrogen-bond acceptors (Lipinski definition) is 3. The molecule has 0 atom stereocenters. The van der Waals surface area contributed by atoms with Crippen LogP contribution in [0.1, 0.15) is 16.7 Å². The fourth-order valence-corrected chi connectivity index (χ4v) is 1.91. The van der Waals surface area contributed by atoms with Crippen LogP contribution in [0.15, 0.2) is 48.5 Å². The maximum absolute atomic E-state index is 13.4. The van der Waals surface area contributed by atoms with Crippen molar-refractivity contribution in [2.24, 2.45) is 0 Å². The highest BCUT2D eigenvalue weighted by Gasteiger charge is 2.04. The summed E-state index contributed by atoms with van der Waals surface area (Å²) in [6.45, 7) is 1.87. The van der Waals surface area contributed by atoms with E-state index in [0.717, 1.165) is 0 Å². The highest BCUT2D eigenvalue weighted by molar-refractivity contribution is 5.91. The Morgan fingerprint density at radius 1 is 1.30 bits per heavy atom. The minimum Gasteiger partial charge on any atom is -0.348 e. The van der Waals surface area contributed by atoms with Gasteiger partial charge in [-0.15, -0.1) is 0 Å². The molecule has 23 heavy (non-hydrogen) atoms. The smallest absolute Gasteiger partial charge is 0.270 e. The van der Waals surface area contributed by atoms with Gasteiger partial charge < -0.3 is 5.32 Å². The zero-order valence-corrected chi connectivity index (χ0v) is 12.5. The first kappa shape index (κ1) is 16.4. The molecular weight excluding hydrogens is 299 g/mol. The third kappa shape index (κ3) is 4.74. The fourth-order valence-electron chi connectivity index (χ4n) is 1.91. The van der Waals surface area contributed by atoms with Gasteiger partial charge in [0, 0.05) is 24.8 Å². The number of hydrogen-bond donors (Lipinski definition) is 1. The van der Waals surface area contributed by atoms with Gasteiger partial charge in [0.15, 0.2) is 0 Å². The van der Waals surface area contributed by atoms with E-state index in [1.165, 1.54) is 30.4 Å². The minimum atomic E-state index is -0.497. The van der Waals surface area contributed by atoms with Gasteiger partial charge in [0.2, 0.25) is 5.91 Å². The molecule has 0 fully saturated rings. The SMILES string of the molecule is Cc1ccc(CNC(=O)/C=C/c2cccc([N+](=O)[O-])c2)cc1F. The number of amides is 1. The van der Waals surface area contributed by atoms with Gasteiger partial charge in [-0.25, -0.2) is 4.39 Å². The summed E-state index contributed by atoms with van der Waals surface area (Å²) in [5, 5.41) is 13.3. The zero-order valence-electron chi connectivity index (χ0n) is 12.5. The Hall–Kier alpha value is -3.02. The van der Waals surface area contributed by atoms with E-state index in [9.17, 15) is 19.3 Å². The second-order valence-electron chi connectivity index (χ2n) is 4.99. The number of carbonyl (C=O) groups is 1. The Morgan fingerprint density at radius 2 is 2.09 bits per heavy atom. The Balaban J connectivity index is 1.95. The highest BCUT2D eigenvalue weighted by Crippen LogP contribution is 2.14. The van der Waals surface area contributed by atoms with Crippen LogP contribution in [-0.4, -0.2) is 10.8 Å². The summed E-state index contributed by atoms with van der Waals surface area (Å²) in [7, 11) is 0. The molecule has 0 aliphatic carbocycles. The van der Waals surface area contributed by atoms with Crippen molar-refractivity contribution in [3.8, 4) is 0 Å². The van der Waals surface area contributed by atoms with E-state index in [1.807, 2.05) is 0 Å².